The number of rotatable bonds is 10. The third kappa shape index (κ3) is 7.00. The van der Waals surface area contributed by atoms with Gasteiger partial charge in [0.2, 0.25) is 0 Å². The average molecular weight is 547 g/mol. The zero-order valence-corrected chi connectivity index (χ0v) is 24.1. The number of nitrogens with one attached hydrogen (secondary N) is 1. The highest BCUT2D eigenvalue weighted by Gasteiger charge is 2.28. The number of nitrogens with zero attached hydrogens (tertiary/aromatic N) is 2. The van der Waals surface area contributed by atoms with Crippen LogP contribution in [0.15, 0.2) is 48.5 Å². The van der Waals surface area contributed by atoms with Gasteiger partial charge in [0.15, 0.2) is 5.13 Å². The number of benzene rings is 2. The number of hydrogen-bond donors (Lipinski definition) is 2. The second-order valence-electron chi connectivity index (χ2n) is 11.1. The first-order valence-electron chi connectivity index (χ1n) is 14.6. The van der Waals surface area contributed by atoms with E-state index in [1.807, 2.05) is 42.5 Å². The molecule has 1 heterocycles. The second kappa shape index (κ2) is 13.0. The van der Waals surface area contributed by atoms with Gasteiger partial charge in [0.25, 0.3) is 5.91 Å². The first-order chi connectivity index (χ1) is 19.0. The molecule has 1 fully saturated rings. The van der Waals surface area contributed by atoms with E-state index in [-0.39, 0.29) is 11.9 Å². The lowest BCUT2D eigenvalue weighted by molar-refractivity contribution is 0.0918. The normalized spacial score (nSPS) is 20.9. The van der Waals surface area contributed by atoms with Gasteiger partial charge < -0.3 is 20.7 Å². The highest BCUT2D eigenvalue weighted by Crippen LogP contribution is 2.32. The summed E-state index contributed by atoms with van der Waals surface area (Å²) in [4.78, 5) is 21.6. The molecule has 0 spiro atoms. The maximum Gasteiger partial charge on any atom is 0.251 e. The standard InChI is InChI=1S/C32H42N4O2S/c1-3-18-36(27-15-16-29-30(21-27)39-32(33)35-29)19-17-22-7-13-26(14-8-22)34-31(37)24-11-9-23(10-12-24)25-5-4-6-28(20-25)38-2/h4-6,9-12,20,22,26-27H,3,7-8,13-19,21H2,1-2H3,(H2,33,35)(H,34,37)/t22?,26?,27-/m0/s1. The highest BCUT2D eigenvalue weighted by atomic mass is 32.1. The lowest BCUT2D eigenvalue weighted by Gasteiger charge is -2.36. The van der Waals surface area contributed by atoms with Crippen molar-refractivity contribution in [3.63, 3.8) is 0 Å². The van der Waals surface area contributed by atoms with Crippen molar-refractivity contribution in [2.75, 3.05) is 25.9 Å². The van der Waals surface area contributed by atoms with Crippen molar-refractivity contribution in [3.05, 3.63) is 64.7 Å². The van der Waals surface area contributed by atoms with E-state index in [1.165, 1.54) is 49.2 Å². The predicted molar refractivity (Wildman–Crippen MR) is 160 cm³/mol. The number of ether oxygens (including phenoxy) is 1. The first kappa shape index (κ1) is 27.7. The number of fused-ring (bicyclic) bond motifs is 1. The highest BCUT2D eigenvalue weighted by molar-refractivity contribution is 7.15. The molecule has 2 aliphatic rings. The SMILES string of the molecule is CCCN(CCC1CCC(NC(=O)c2ccc(-c3cccc(OC)c3)cc2)CC1)[C@H]1CCc2nc(N)sc2C1. The molecule has 1 atom stereocenters. The Morgan fingerprint density at radius 3 is 2.62 bits per heavy atom. The van der Waals surface area contributed by atoms with E-state index in [0.717, 1.165) is 65.7 Å². The van der Waals surface area contributed by atoms with Crippen LogP contribution in [0.1, 0.15) is 72.8 Å². The minimum Gasteiger partial charge on any atom is -0.497 e. The molecule has 39 heavy (non-hydrogen) atoms. The fourth-order valence-electron chi connectivity index (χ4n) is 6.28. The molecule has 2 aliphatic carbocycles. The summed E-state index contributed by atoms with van der Waals surface area (Å²) in [7, 11) is 1.67. The zero-order valence-electron chi connectivity index (χ0n) is 23.3. The summed E-state index contributed by atoms with van der Waals surface area (Å²) in [5.41, 5.74) is 10.1. The van der Waals surface area contributed by atoms with Gasteiger partial charge in [0.05, 0.1) is 12.8 Å². The van der Waals surface area contributed by atoms with Crippen LogP contribution in [0.3, 0.4) is 0 Å². The number of carbonyl (C=O) groups excluding carboxylic acids is 1. The summed E-state index contributed by atoms with van der Waals surface area (Å²) in [5.74, 6) is 1.61. The van der Waals surface area contributed by atoms with Crippen LogP contribution in [0.2, 0.25) is 0 Å². The van der Waals surface area contributed by atoms with Crippen molar-refractivity contribution in [1.29, 1.82) is 0 Å². The van der Waals surface area contributed by atoms with Crippen LogP contribution >= 0.6 is 11.3 Å². The Kier molecular flexibility index (Phi) is 9.20. The maximum absolute atomic E-state index is 12.9. The van der Waals surface area contributed by atoms with E-state index >= 15 is 0 Å². The van der Waals surface area contributed by atoms with E-state index in [0.29, 0.717) is 6.04 Å². The Morgan fingerprint density at radius 1 is 1.08 bits per heavy atom. The van der Waals surface area contributed by atoms with Gasteiger partial charge >= 0.3 is 0 Å². The molecule has 3 aromatic rings. The molecule has 0 aliphatic heterocycles. The van der Waals surface area contributed by atoms with Crippen LogP contribution in [0.4, 0.5) is 5.13 Å². The van der Waals surface area contributed by atoms with Crippen LogP contribution in [0.5, 0.6) is 5.75 Å². The summed E-state index contributed by atoms with van der Waals surface area (Å²) >= 11 is 1.68. The molecule has 2 aromatic carbocycles. The molecule has 7 heteroatoms. The fourth-order valence-corrected chi connectivity index (χ4v) is 7.23. The molecule has 0 unspecified atom stereocenters. The Bertz CT molecular complexity index is 1230. The van der Waals surface area contributed by atoms with Crippen molar-refractivity contribution in [2.45, 2.75) is 76.8 Å². The Morgan fingerprint density at radius 2 is 1.87 bits per heavy atom. The van der Waals surface area contributed by atoms with E-state index in [2.05, 4.69) is 28.2 Å². The van der Waals surface area contributed by atoms with Gasteiger partial charge in [-0.05, 0) is 112 Å². The van der Waals surface area contributed by atoms with E-state index in [9.17, 15) is 4.79 Å². The number of nitrogen functional groups attached to an aromatic ring is 1. The quantitative estimate of drug-likeness (QED) is 0.310. The lowest BCUT2D eigenvalue weighted by atomic mass is 9.83. The third-order valence-electron chi connectivity index (χ3n) is 8.51. The number of anilines is 1. The van der Waals surface area contributed by atoms with E-state index in [1.54, 1.807) is 18.4 Å². The minimum atomic E-state index is 0.0325. The molecule has 0 bridgehead atoms. The van der Waals surface area contributed by atoms with Gasteiger partial charge in [-0.1, -0.05) is 31.2 Å². The Labute approximate surface area is 237 Å². The number of hydrogen-bond acceptors (Lipinski definition) is 6. The second-order valence-corrected chi connectivity index (χ2v) is 12.3. The molecule has 5 rings (SSSR count). The molecule has 1 amide bonds. The number of aryl methyl sites for hydroxylation is 1. The Hall–Kier alpha value is -2.90. The summed E-state index contributed by atoms with van der Waals surface area (Å²) in [6.07, 6.45) is 10.3. The van der Waals surface area contributed by atoms with Crippen LogP contribution < -0.4 is 15.8 Å². The third-order valence-corrected chi connectivity index (χ3v) is 9.46. The molecular weight excluding hydrogens is 504 g/mol. The van der Waals surface area contributed by atoms with Gasteiger partial charge in [-0.15, -0.1) is 11.3 Å². The molecule has 3 N–H and O–H groups in total. The zero-order chi connectivity index (χ0) is 27.2. The van der Waals surface area contributed by atoms with E-state index in [4.69, 9.17) is 10.5 Å². The summed E-state index contributed by atoms with van der Waals surface area (Å²) in [6.45, 7) is 4.62. The van der Waals surface area contributed by atoms with Crippen molar-refractivity contribution in [3.8, 4) is 16.9 Å². The molecule has 0 saturated heterocycles. The molecule has 1 aromatic heterocycles. The number of aromatic nitrogens is 1. The van der Waals surface area contributed by atoms with Crippen LogP contribution in [0.25, 0.3) is 11.1 Å². The first-order valence-corrected chi connectivity index (χ1v) is 15.4. The van der Waals surface area contributed by atoms with Crippen molar-refractivity contribution < 1.29 is 9.53 Å². The number of nitrogens with two attached hydrogens (primary N) is 1. The van der Waals surface area contributed by atoms with Gasteiger partial charge in [-0.2, -0.15) is 0 Å². The average Bonchev–Trinajstić information content (AvgIpc) is 3.35. The van der Waals surface area contributed by atoms with Gasteiger partial charge in [0.1, 0.15) is 5.75 Å². The number of carbonyl (C=O) groups is 1. The molecule has 6 nitrogen and oxygen atoms in total. The van der Waals surface area contributed by atoms with E-state index < -0.39 is 0 Å². The summed E-state index contributed by atoms with van der Waals surface area (Å²) in [5, 5.41) is 4.02. The van der Waals surface area contributed by atoms with Crippen LogP contribution in [-0.2, 0) is 12.8 Å². The molecule has 1 saturated carbocycles. The molecule has 0 radical (unpaired) electrons. The number of methoxy groups -OCH3 is 1. The number of thiazole rings is 1. The number of amides is 1. The molecular formula is C32H42N4O2S. The van der Waals surface area contributed by atoms with Crippen LogP contribution in [0, 0.1) is 5.92 Å². The van der Waals surface area contributed by atoms with Gasteiger partial charge in [0, 0.05) is 22.5 Å². The predicted octanol–water partition coefficient (Wildman–Crippen LogP) is 6.35. The van der Waals surface area contributed by atoms with Crippen molar-refractivity contribution in [2.24, 2.45) is 5.92 Å². The lowest BCUT2D eigenvalue weighted by Crippen LogP contribution is -2.41. The van der Waals surface area contributed by atoms with Crippen molar-refractivity contribution >= 4 is 22.4 Å². The largest absolute Gasteiger partial charge is 0.497 e. The molecule has 208 valence electrons. The summed E-state index contributed by atoms with van der Waals surface area (Å²) < 4.78 is 5.34. The smallest absolute Gasteiger partial charge is 0.251 e. The van der Waals surface area contributed by atoms with Gasteiger partial charge in [-0.25, -0.2) is 4.98 Å². The monoisotopic (exact) mass is 546 g/mol. The Balaban J connectivity index is 1.07. The van der Waals surface area contributed by atoms with Gasteiger partial charge in [-0.3, -0.25) is 4.79 Å². The summed E-state index contributed by atoms with van der Waals surface area (Å²) in [6, 6.07) is 16.7. The minimum absolute atomic E-state index is 0.0325. The fraction of sp³-hybridized carbons (Fsp3) is 0.500. The van der Waals surface area contributed by atoms with Crippen molar-refractivity contribution in [1.82, 2.24) is 15.2 Å². The maximum atomic E-state index is 12.9. The van der Waals surface area contributed by atoms with Crippen LogP contribution in [-0.4, -0.2) is 48.1 Å². The topological polar surface area (TPSA) is 80.5 Å².